The molecular weight excluding hydrogens is 162 g/mol. The van der Waals surface area contributed by atoms with Gasteiger partial charge in [0, 0.05) is 13.2 Å². The average molecular weight is 171 g/mol. The second kappa shape index (κ2) is 4.35. The predicted octanol–water partition coefficient (Wildman–Crippen LogP) is -0.106. The van der Waals surface area contributed by atoms with E-state index in [1.165, 1.54) is 0 Å². The monoisotopic (exact) mass is 171 g/mol. The number of nitrogens with one attached hydrogen (secondary N) is 2. The second-order valence-corrected chi connectivity index (χ2v) is 2.00. The Morgan fingerprint density at radius 2 is 2.67 bits per heavy atom. The molecule has 0 aliphatic rings. The van der Waals surface area contributed by atoms with E-state index in [0.29, 0.717) is 24.6 Å². The molecule has 0 atom stereocenters. The fourth-order valence-corrected chi connectivity index (χ4v) is 0.686. The number of carbonyl (C=O) groups is 1. The van der Waals surface area contributed by atoms with E-state index in [0.717, 1.165) is 0 Å². The Morgan fingerprint density at radius 3 is 3.33 bits per heavy atom. The molecule has 0 aromatic carbocycles. The van der Waals surface area contributed by atoms with Crippen molar-refractivity contribution in [3.8, 4) is 0 Å². The Hall–Kier alpha value is -1.56. The summed E-state index contributed by atoms with van der Waals surface area (Å²) in [7, 11) is 1.55. The lowest BCUT2D eigenvalue weighted by Gasteiger charge is -1.94. The van der Waals surface area contributed by atoms with Gasteiger partial charge in [0.1, 0.15) is 6.61 Å². The van der Waals surface area contributed by atoms with Crippen molar-refractivity contribution in [1.82, 2.24) is 10.6 Å². The zero-order valence-electron chi connectivity index (χ0n) is 6.53. The molecule has 1 heterocycles. The maximum atomic E-state index is 9.85. The number of methoxy groups -OCH3 is 1. The number of rotatable bonds is 5. The lowest BCUT2D eigenvalue weighted by molar-refractivity contribution is -0.109. The molecular formula is C6H9N3O3. The number of hydrogen-bond acceptors (Lipinski definition) is 5. The van der Waals surface area contributed by atoms with Crippen LogP contribution in [-0.4, -0.2) is 18.7 Å². The Balaban J connectivity index is 2.46. The first-order chi connectivity index (χ1) is 5.86. The minimum atomic E-state index is 0.357. The molecule has 0 bridgehead atoms. The summed E-state index contributed by atoms with van der Waals surface area (Å²) < 4.78 is 9.60. The van der Waals surface area contributed by atoms with Gasteiger partial charge in [-0.15, -0.1) is 0 Å². The number of anilines is 1. The molecule has 1 amide bonds. The summed E-state index contributed by atoms with van der Waals surface area (Å²) in [5.41, 5.74) is 4.72. The Labute approximate surface area is 68.8 Å². The third-order valence-electron chi connectivity index (χ3n) is 1.10. The molecule has 0 unspecified atom stereocenters. The van der Waals surface area contributed by atoms with Gasteiger partial charge < -0.3 is 9.26 Å². The number of aromatic nitrogens is 1. The lowest BCUT2D eigenvalue weighted by Crippen LogP contribution is -2.18. The van der Waals surface area contributed by atoms with Gasteiger partial charge in [-0.2, -0.15) is 0 Å². The Morgan fingerprint density at radius 1 is 1.83 bits per heavy atom. The van der Waals surface area contributed by atoms with Crippen LogP contribution in [-0.2, 0) is 16.1 Å². The van der Waals surface area contributed by atoms with Crippen molar-refractivity contribution < 1.29 is 14.1 Å². The SMILES string of the molecule is COCc1cc(NNC=O)no1. The topological polar surface area (TPSA) is 76.4 Å². The Bertz CT molecular complexity index is 248. The van der Waals surface area contributed by atoms with Crippen LogP contribution in [0.2, 0.25) is 0 Å². The molecule has 1 aromatic heterocycles. The van der Waals surface area contributed by atoms with Gasteiger partial charge in [0.2, 0.25) is 6.41 Å². The summed E-state index contributed by atoms with van der Waals surface area (Å²) in [5.74, 6) is 1.03. The summed E-state index contributed by atoms with van der Waals surface area (Å²) >= 11 is 0. The van der Waals surface area contributed by atoms with Crippen LogP contribution in [0.5, 0.6) is 0 Å². The summed E-state index contributed by atoms with van der Waals surface area (Å²) in [5, 5.41) is 3.58. The van der Waals surface area contributed by atoms with Crippen molar-refractivity contribution in [3.05, 3.63) is 11.8 Å². The van der Waals surface area contributed by atoms with Crippen molar-refractivity contribution in [1.29, 1.82) is 0 Å². The quantitative estimate of drug-likeness (QED) is 0.477. The van der Waals surface area contributed by atoms with Gasteiger partial charge in [-0.3, -0.25) is 15.6 Å². The number of carbonyl (C=O) groups excluding carboxylic acids is 1. The van der Waals surface area contributed by atoms with Crippen molar-refractivity contribution in [2.75, 3.05) is 12.5 Å². The van der Waals surface area contributed by atoms with Crippen LogP contribution in [0.15, 0.2) is 10.6 Å². The van der Waals surface area contributed by atoms with Crippen LogP contribution in [0.1, 0.15) is 5.76 Å². The van der Waals surface area contributed by atoms with Gasteiger partial charge in [0.25, 0.3) is 0 Å². The highest BCUT2D eigenvalue weighted by molar-refractivity contribution is 5.50. The van der Waals surface area contributed by atoms with Crippen LogP contribution < -0.4 is 10.9 Å². The molecule has 6 nitrogen and oxygen atoms in total. The molecule has 0 spiro atoms. The highest BCUT2D eigenvalue weighted by Gasteiger charge is 2.01. The molecule has 2 N–H and O–H groups in total. The zero-order valence-corrected chi connectivity index (χ0v) is 6.53. The molecule has 0 aliphatic heterocycles. The van der Waals surface area contributed by atoms with Crippen LogP contribution >= 0.6 is 0 Å². The highest BCUT2D eigenvalue weighted by atomic mass is 16.5. The molecule has 0 aliphatic carbocycles. The molecule has 66 valence electrons. The zero-order chi connectivity index (χ0) is 8.81. The minimum absolute atomic E-state index is 0.357. The van der Waals surface area contributed by atoms with E-state index in [2.05, 4.69) is 16.0 Å². The van der Waals surface area contributed by atoms with Gasteiger partial charge >= 0.3 is 0 Å². The van der Waals surface area contributed by atoms with Crippen molar-refractivity contribution >= 4 is 12.2 Å². The predicted molar refractivity (Wildman–Crippen MR) is 40.0 cm³/mol. The third-order valence-corrected chi connectivity index (χ3v) is 1.10. The van der Waals surface area contributed by atoms with Gasteiger partial charge in [0.05, 0.1) is 0 Å². The van der Waals surface area contributed by atoms with Crippen molar-refractivity contribution in [2.24, 2.45) is 0 Å². The Kier molecular flexibility index (Phi) is 3.09. The number of amides is 1. The average Bonchev–Trinajstić information content (AvgIpc) is 2.50. The fraction of sp³-hybridized carbons (Fsp3) is 0.333. The van der Waals surface area contributed by atoms with Gasteiger partial charge in [0.15, 0.2) is 11.6 Å². The molecule has 0 fully saturated rings. The molecule has 0 radical (unpaired) electrons. The highest BCUT2D eigenvalue weighted by Crippen LogP contribution is 2.07. The van der Waals surface area contributed by atoms with Crippen LogP contribution in [0, 0.1) is 0 Å². The maximum absolute atomic E-state index is 9.85. The second-order valence-electron chi connectivity index (χ2n) is 2.00. The van der Waals surface area contributed by atoms with Crippen molar-refractivity contribution in [3.63, 3.8) is 0 Å². The van der Waals surface area contributed by atoms with Crippen LogP contribution in [0.25, 0.3) is 0 Å². The molecule has 1 rings (SSSR count). The molecule has 1 aromatic rings. The van der Waals surface area contributed by atoms with Crippen LogP contribution in [0.4, 0.5) is 5.82 Å². The van der Waals surface area contributed by atoms with Gasteiger partial charge in [-0.05, 0) is 0 Å². The number of nitrogens with zero attached hydrogens (tertiary/aromatic N) is 1. The third kappa shape index (κ3) is 2.24. The van der Waals surface area contributed by atoms with E-state index in [-0.39, 0.29) is 0 Å². The number of hydrazine groups is 1. The number of hydrogen-bond donors (Lipinski definition) is 2. The van der Waals surface area contributed by atoms with E-state index in [4.69, 9.17) is 9.26 Å². The van der Waals surface area contributed by atoms with Crippen LogP contribution in [0.3, 0.4) is 0 Å². The molecule has 12 heavy (non-hydrogen) atoms. The normalized spacial score (nSPS) is 9.42. The minimum Gasteiger partial charge on any atom is -0.377 e. The number of ether oxygens (including phenoxy) is 1. The maximum Gasteiger partial charge on any atom is 0.225 e. The lowest BCUT2D eigenvalue weighted by atomic mass is 10.5. The first kappa shape index (κ1) is 8.54. The van der Waals surface area contributed by atoms with Crippen molar-refractivity contribution in [2.45, 2.75) is 6.61 Å². The molecule has 0 saturated heterocycles. The van der Waals surface area contributed by atoms with Gasteiger partial charge in [-0.1, -0.05) is 5.16 Å². The standard InChI is InChI=1S/C6H9N3O3/c1-11-3-5-2-6(9-12-5)8-7-4-10/h2,4H,3H2,1H3,(H,7,10)(H,8,9). The van der Waals surface area contributed by atoms with Gasteiger partial charge in [-0.25, -0.2) is 0 Å². The largest absolute Gasteiger partial charge is 0.377 e. The van der Waals surface area contributed by atoms with E-state index < -0.39 is 0 Å². The summed E-state index contributed by atoms with van der Waals surface area (Å²) in [6.45, 7) is 0.357. The van der Waals surface area contributed by atoms with E-state index in [9.17, 15) is 4.79 Å². The first-order valence-electron chi connectivity index (χ1n) is 3.26. The summed E-state index contributed by atoms with van der Waals surface area (Å²) in [6, 6.07) is 1.62. The molecule has 6 heteroatoms. The van der Waals surface area contributed by atoms with E-state index in [1.54, 1.807) is 13.2 Å². The smallest absolute Gasteiger partial charge is 0.225 e. The summed E-state index contributed by atoms with van der Waals surface area (Å²) in [6.07, 6.45) is 0.505. The van der Waals surface area contributed by atoms with E-state index >= 15 is 0 Å². The summed E-state index contributed by atoms with van der Waals surface area (Å²) in [4.78, 5) is 9.85. The van der Waals surface area contributed by atoms with E-state index in [1.807, 2.05) is 0 Å². The first-order valence-corrected chi connectivity index (χ1v) is 3.26. The molecule has 0 saturated carbocycles. The fourth-order valence-electron chi connectivity index (χ4n) is 0.686.